The van der Waals surface area contributed by atoms with Crippen LogP contribution < -0.4 is 5.73 Å². The Morgan fingerprint density at radius 1 is 1.53 bits per heavy atom. The van der Waals surface area contributed by atoms with E-state index in [2.05, 4.69) is 5.10 Å². The molecule has 0 bridgehead atoms. The first kappa shape index (κ1) is 10.2. The lowest BCUT2D eigenvalue weighted by Gasteiger charge is -2.21. The van der Waals surface area contributed by atoms with Crippen molar-refractivity contribution >= 4 is 5.91 Å². The molecule has 5 nitrogen and oxygen atoms in total. The number of likely N-dealkylation sites (N-methyl/N-ethyl adjacent to an activating group) is 1. The number of likely N-dealkylation sites (tertiary alicyclic amines) is 1. The zero-order valence-corrected chi connectivity index (χ0v) is 9.27. The van der Waals surface area contributed by atoms with Crippen molar-refractivity contribution in [2.24, 2.45) is 12.8 Å². The quantitative estimate of drug-likeness (QED) is 0.704. The lowest BCUT2D eigenvalue weighted by Crippen LogP contribution is -2.31. The first-order valence-corrected chi connectivity index (χ1v) is 5.02. The molecule has 0 aliphatic carbocycles. The molecule has 5 heteroatoms. The molecule has 82 valence electrons. The van der Waals surface area contributed by atoms with Gasteiger partial charge in [-0.05, 0) is 12.5 Å². The van der Waals surface area contributed by atoms with Gasteiger partial charge in [0.15, 0.2) is 0 Å². The van der Waals surface area contributed by atoms with Gasteiger partial charge in [0.05, 0.1) is 11.7 Å². The molecule has 1 aliphatic heterocycles. The molecule has 1 aromatic rings. The largest absolute Gasteiger partial charge is 0.335 e. The highest BCUT2D eigenvalue weighted by molar-refractivity contribution is 5.80. The number of aryl methyl sites for hydroxylation is 2. The van der Waals surface area contributed by atoms with Crippen LogP contribution in [-0.2, 0) is 11.8 Å². The monoisotopic (exact) mass is 208 g/mol. The maximum Gasteiger partial charge on any atom is 0.224 e. The third-order valence-corrected chi connectivity index (χ3v) is 2.96. The smallest absolute Gasteiger partial charge is 0.224 e. The van der Waals surface area contributed by atoms with Gasteiger partial charge in [-0.25, -0.2) is 0 Å². The number of hydrogen-bond donors (Lipinski definition) is 1. The minimum atomic E-state index is -0.143. The normalized spacial score (nSPS) is 26.4. The van der Waals surface area contributed by atoms with E-state index in [0.717, 1.165) is 11.3 Å². The fourth-order valence-corrected chi connectivity index (χ4v) is 2.20. The number of nitrogens with zero attached hydrogens (tertiary/aromatic N) is 3. The van der Waals surface area contributed by atoms with Gasteiger partial charge in [-0.15, -0.1) is 0 Å². The van der Waals surface area contributed by atoms with Crippen LogP contribution in [0.4, 0.5) is 0 Å². The van der Waals surface area contributed by atoms with Crippen molar-refractivity contribution in [2.75, 3.05) is 7.05 Å². The summed E-state index contributed by atoms with van der Waals surface area (Å²) in [6, 6.07) is -0.213. The summed E-state index contributed by atoms with van der Waals surface area (Å²) < 4.78 is 1.76. The fraction of sp³-hybridized carbons (Fsp3) is 0.600. The SMILES string of the molecule is Cc1cn(C)nc1[C@H]1[C@H](N)CC(=O)N1C. The van der Waals surface area contributed by atoms with Gasteiger partial charge in [0.2, 0.25) is 5.91 Å². The number of carbonyl (C=O) groups excluding carboxylic acids is 1. The van der Waals surface area contributed by atoms with Crippen molar-refractivity contribution in [1.82, 2.24) is 14.7 Å². The Kier molecular flexibility index (Phi) is 2.26. The van der Waals surface area contributed by atoms with Gasteiger partial charge in [-0.1, -0.05) is 0 Å². The average Bonchev–Trinajstić information content (AvgIpc) is 2.56. The highest BCUT2D eigenvalue weighted by Gasteiger charge is 2.38. The molecule has 2 rings (SSSR count). The zero-order valence-electron chi connectivity index (χ0n) is 9.27. The highest BCUT2D eigenvalue weighted by Crippen LogP contribution is 2.31. The van der Waals surface area contributed by atoms with E-state index in [4.69, 9.17) is 5.73 Å². The average molecular weight is 208 g/mol. The number of rotatable bonds is 1. The lowest BCUT2D eigenvalue weighted by molar-refractivity contribution is -0.127. The second kappa shape index (κ2) is 3.34. The lowest BCUT2D eigenvalue weighted by atomic mass is 10.0. The van der Waals surface area contributed by atoms with Gasteiger partial charge >= 0.3 is 0 Å². The van der Waals surface area contributed by atoms with Crippen LogP contribution in [0, 0.1) is 6.92 Å². The summed E-state index contributed by atoms with van der Waals surface area (Å²) >= 11 is 0. The van der Waals surface area contributed by atoms with E-state index >= 15 is 0 Å². The molecule has 2 atom stereocenters. The standard InChI is InChI=1S/C10H16N4O/c1-6-5-13(2)12-9(6)10-7(11)4-8(15)14(10)3/h5,7,10H,4,11H2,1-3H3/t7-,10-/m1/s1. The van der Waals surface area contributed by atoms with Gasteiger partial charge in [0.1, 0.15) is 0 Å². The van der Waals surface area contributed by atoms with Crippen molar-refractivity contribution in [2.45, 2.75) is 25.4 Å². The van der Waals surface area contributed by atoms with Crippen molar-refractivity contribution in [1.29, 1.82) is 0 Å². The third-order valence-electron chi connectivity index (χ3n) is 2.96. The van der Waals surface area contributed by atoms with Gasteiger partial charge in [-0.3, -0.25) is 9.48 Å². The summed E-state index contributed by atoms with van der Waals surface area (Å²) in [4.78, 5) is 13.2. The van der Waals surface area contributed by atoms with E-state index in [9.17, 15) is 4.79 Å². The topological polar surface area (TPSA) is 64.2 Å². The molecule has 1 aliphatic rings. The van der Waals surface area contributed by atoms with E-state index in [-0.39, 0.29) is 18.0 Å². The highest BCUT2D eigenvalue weighted by atomic mass is 16.2. The summed E-state index contributed by atoms with van der Waals surface area (Å²) in [6.07, 6.45) is 2.36. The molecule has 2 N–H and O–H groups in total. The Morgan fingerprint density at radius 2 is 2.20 bits per heavy atom. The first-order valence-electron chi connectivity index (χ1n) is 5.02. The summed E-state index contributed by atoms with van der Waals surface area (Å²) in [5, 5.41) is 4.37. The van der Waals surface area contributed by atoms with Crippen LogP contribution in [0.25, 0.3) is 0 Å². The Hall–Kier alpha value is -1.36. The maximum absolute atomic E-state index is 11.5. The predicted molar refractivity (Wildman–Crippen MR) is 56.0 cm³/mol. The molecule has 0 saturated carbocycles. The molecule has 15 heavy (non-hydrogen) atoms. The molecule has 1 aromatic heterocycles. The number of amides is 1. The minimum absolute atomic E-state index is 0.0706. The van der Waals surface area contributed by atoms with E-state index in [1.165, 1.54) is 0 Å². The van der Waals surface area contributed by atoms with E-state index in [1.807, 2.05) is 20.2 Å². The van der Waals surface area contributed by atoms with Gasteiger partial charge in [0, 0.05) is 32.8 Å². The zero-order chi connectivity index (χ0) is 11.2. The second-order valence-electron chi connectivity index (χ2n) is 4.19. The molecular formula is C10H16N4O. The van der Waals surface area contributed by atoms with Crippen LogP contribution in [0.5, 0.6) is 0 Å². The molecule has 1 amide bonds. The fourth-order valence-electron chi connectivity index (χ4n) is 2.20. The summed E-state index contributed by atoms with van der Waals surface area (Å²) in [5.41, 5.74) is 7.96. The molecule has 1 saturated heterocycles. The van der Waals surface area contributed by atoms with Crippen LogP contribution in [-0.4, -0.2) is 33.7 Å². The second-order valence-corrected chi connectivity index (χ2v) is 4.19. The van der Waals surface area contributed by atoms with E-state index in [1.54, 1.807) is 16.6 Å². The molecule has 0 unspecified atom stereocenters. The van der Waals surface area contributed by atoms with Crippen LogP contribution in [0.2, 0.25) is 0 Å². The molecule has 2 heterocycles. The summed E-state index contributed by atoms with van der Waals surface area (Å²) in [5.74, 6) is 0.0950. The van der Waals surface area contributed by atoms with Crippen LogP contribution in [0.15, 0.2) is 6.20 Å². The van der Waals surface area contributed by atoms with E-state index < -0.39 is 0 Å². The van der Waals surface area contributed by atoms with Crippen LogP contribution >= 0.6 is 0 Å². The Morgan fingerprint density at radius 3 is 2.60 bits per heavy atom. The van der Waals surface area contributed by atoms with Crippen LogP contribution in [0.1, 0.15) is 23.7 Å². The Bertz CT molecular complexity index is 398. The molecule has 0 spiro atoms. The minimum Gasteiger partial charge on any atom is -0.335 e. The first-order chi connectivity index (χ1) is 7.00. The van der Waals surface area contributed by atoms with E-state index in [0.29, 0.717) is 6.42 Å². The third kappa shape index (κ3) is 1.52. The summed E-state index contributed by atoms with van der Waals surface area (Å²) in [6.45, 7) is 1.99. The maximum atomic E-state index is 11.5. The van der Waals surface area contributed by atoms with Crippen molar-refractivity contribution in [3.8, 4) is 0 Å². The number of carbonyl (C=O) groups is 1. The molecule has 0 aromatic carbocycles. The van der Waals surface area contributed by atoms with Crippen molar-refractivity contribution in [3.63, 3.8) is 0 Å². The number of hydrogen-bond acceptors (Lipinski definition) is 3. The van der Waals surface area contributed by atoms with Crippen molar-refractivity contribution in [3.05, 3.63) is 17.5 Å². The van der Waals surface area contributed by atoms with Crippen LogP contribution in [0.3, 0.4) is 0 Å². The van der Waals surface area contributed by atoms with Gasteiger partial charge in [0.25, 0.3) is 0 Å². The molecule has 1 fully saturated rings. The number of aromatic nitrogens is 2. The predicted octanol–water partition coefficient (Wildman–Crippen LogP) is -0.0410. The number of nitrogens with two attached hydrogens (primary N) is 1. The Labute approximate surface area is 88.8 Å². The Balaban J connectivity index is 2.38. The van der Waals surface area contributed by atoms with Crippen molar-refractivity contribution < 1.29 is 4.79 Å². The summed E-state index contributed by atoms with van der Waals surface area (Å²) in [7, 11) is 3.66. The van der Waals surface area contributed by atoms with Gasteiger partial charge < -0.3 is 10.6 Å². The molecular weight excluding hydrogens is 192 g/mol. The van der Waals surface area contributed by atoms with Gasteiger partial charge in [-0.2, -0.15) is 5.10 Å². The molecule has 0 radical (unpaired) electrons.